The van der Waals surface area contributed by atoms with Crippen LogP contribution in [0.1, 0.15) is 24.2 Å². The fourth-order valence-electron chi connectivity index (χ4n) is 2.04. The molecule has 0 atom stereocenters. The number of carboxylic acid groups (broad SMARTS) is 1. The molecule has 1 aliphatic rings. The SMILES string of the molecule is CC(=O)O.CCOC(=O)c1ccccc1N1CCNCC1. The largest absolute Gasteiger partial charge is 0.481 e. The Hall–Kier alpha value is -2.08. The monoisotopic (exact) mass is 294 g/mol. The molecule has 1 fully saturated rings. The first kappa shape index (κ1) is 17.0. The van der Waals surface area contributed by atoms with Crippen molar-refractivity contribution >= 4 is 17.6 Å². The molecule has 0 unspecified atom stereocenters. The second-order valence-electron chi connectivity index (χ2n) is 4.49. The van der Waals surface area contributed by atoms with Crippen LogP contribution < -0.4 is 10.2 Å². The summed E-state index contributed by atoms with van der Waals surface area (Å²) in [6.07, 6.45) is 0. The van der Waals surface area contributed by atoms with Crippen molar-refractivity contribution in [3.05, 3.63) is 29.8 Å². The quantitative estimate of drug-likeness (QED) is 0.820. The Morgan fingerprint density at radius 1 is 1.29 bits per heavy atom. The van der Waals surface area contributed by atoms with Crippen LogP contribution in [0, 0.1) is 0 Å². The fraction of sp³-hybridized carbons (Fsp3) is 0.467. The number of anilines is 1. The van der Waals surface area contributed by atoms with Crippen LogP contribution in [0.4, 0.5) is 5.69 Å². The number of aliphatic carboxylic acids is 1. The van der Waals surface area contributed by atoms with Crippen LogP contribution in [0.2, 0.25) is 0 Å². The molecule has 21 heavy (non-hydrogen) atoms. The number of esters is 1. The van der Waals surface area contributed by atoms with Crippen molar-refractivity contribution in [1.29, 1.82) is 0 Å². The number of carboxylic acids is 1. The maximum Gasteiger partial charge on any atom is 0.340 e. The lowest BCUT2D eigenvalue weighted by Gasteiger charge is -2.30. The van der Waals surface area contributed by atoms with E-state index in [4.69, 9.17) is 14.6 Å². The first-order valence-corrected chi connectivity index (χ1v) is 6.97. The molecule has 1 saturated heterocycles. The predicted octanol–water partition coefficient (Wildman–Crippen LogP) is 1.36. The fourth-order valence-corrected chi connectivity index (χ4v) is 2.04. The van der Waals surface area contributed by atoms with E-state index in [-0.39, 0.29) is 5.97 Å². The van der Waals surface area contributed by atoms with Gasteiger partial charge in [0.05, 0.1) is 17.9 Å². The van der Waals surface area contributed by atoms with Gasteiger partial charge >= 0.3 is 5.97 Å². The number of para-hydroxylation sites is 1. The van der Waals surface area contributed by atoms with Gasteiger partial charge in [-0.25, -0.2) is 4.79 Å². The van der Waals surface area contributed by atoms with Crippen molar-refractivity contribution in [1.82, 2.24) is 5.32 Å². The molecular weight excluding hydrogens is 272 g/mol. The number of nitrogens with one attached hydrogen (secondary N) is 1. The summed E-state index contributed by atoms with van der Waals surface area (Å²) in [6, 6.07) is 7.64. The van der Waals surface area contributed by atoms with Gasteiger partial charge in [-0.2, -0.15) is 0 Å². The van der Waals surface area contributed by atoms with Crippen molar-refractivity contribution in [2.45, 2.75) is 13.8 Å². The van der Waals surface area contributed by atoms with Crippen LogP contribution in [-0.2, 0) is 9.53 Å². The normalized spacial score (nSPS) is 13.9. The number of hydrogen-bond donors (Lipinski definition) is 2. The van der Waals surface area contributed by atoms with Gasteiger partial charge in [-0.15, -0.1) is 0 Å². The Morgan fingerprint density at radius 3 is 2.43 bits per heavy atom. The van der Waals surface area contributed by atoms with Gasteiger partial charge in [0.15, 0.2) is 0 Å². The highest BCUT2D eigenvalue weighted by molar-refractivity contribution is 5.95. The van der Waals surface area contributed by atoms with Crippen LogP contribution in [0.3, 0.4) is 0 Å². The van der Waals surface area contributed by atoms with Gasteiger partial charge in [-0.1, -0.05) is 12.1 Å². The van der Waals surface area contributed by atoms with E-state index < -0.39 is 5.97 Å². The zero-order chi connectivity index (χ0) is 15.7. The van der Waals surface area contributed by atoms with Gasteiger partial charge < -0.3 is 20.1 Å². The lowest BCUT2D eigenvalue weighted by atomic mass is 10.1. The first-order chi connectivity index (χ1) is 10.1. The number of carbonyl (C=O) groups is 2. The van der Waals surface area contributed by atoms with Crippen LogP contribution in [0.5, 0.6) is 0 Å². The van der Waals surface area contributed by atoms with Crippen LogP contribution in [0.25, 0.3) is 0 Å². The third kappa shape index (κ3) is 5.83. The zero-order valence-corrected chi connectivity index (χ0v) is 12.5. The van der Waals surface area contributed by atoms with E-state index in [0.717, 1.165) is 38.8 Å². The zero-order valence-electron chi connectivity index (χ0n) is 12.5. The van der Waals surface area contributed by atoms with Gasteiger partial charge in [-0.05, 0) is 19.1 Å². The molecule has 2 rings (SSSR count). The second kappa shape index (κ2) is 8.97. The van der Waals surface area contributed by atoms with Gasteiger partial charge in [0.2, 0.25) is 0 Å². The van der Waals surface area contributed by atoms with Crippen molar-refractivity contribution in [3.63, 3.8) is 0 Å². The van der Waals surface area contributed by atoms with E-state index in [0.29, 0.717) is 12.2 Å². The topological polar surface area (TPSA) is 78.9 Å². The van der Waals surface area contributed by atoms with Crippen molar-refractivity contribution < 1.29 is 19.4 Å². The Labute approximate surface area is 124 Å². The summed E-state index contributed by atoms with van der Waals surface area (Å²) in [4.78, 5) is 23.1. The number of hydrogen-bond acceptors (Lipinski definition) is 5. The molecule has 0 aromatic heterocycles. The van der Waals surface area contributed by atoms with Crippen LogP contribution >= 0.6 is 0 Å². The Kier molecular flexibility index (Phi) is 7.25. The van der Waals surface area contributed by atoms with E-state index in [9.17, 15) is 4.79 Å². The summed E-state index contributed by atoms with van der Waals surface area (Å²) in [7, 11) is 0. The molecule has 0 saturated carbocycles. The average molecular weight is 294 g/mol. The molecule has 6 heteroatoms. The molecule has 0 radical (unpaired) electrons. The lowest BCUT2D eigenvalue weighted by molar-refractivity contribution is -0.134. The molecule has 1 heterocycles. The standard InChI is InChI=1S/C13H18N2O2.C2H4O2/c1-2-17-13(16)11-5-3-4-6-12(11)15-9-7-14-8-10-15;1-2(3)4/h3-6,14H,2,7-10H2,1H3;1H3,(H,3,4). The molecule has 116 valence electrons. The maximum atomic E-state index is 11.8. The lowest BCUT2D eigenvalue weighted by Crippen LogP contribution is -2.44. The highest BCUT2D eigenvalue weighted by Crippen LogP contribution is 2.21. The van der Waals surface area contributed by atoms with E-state index in [1.54, 1.807) is 0 Å². The second-order valence-corrected chi connectivity index (χ2v) is 4.49. The molecule has 1 aliphatic heterocycles. The predicted molar refractivity (Wildman–Crippen MR) is 80.8 cm³/mol. The summed E-state index contributed by atoms with van der Waals surface area (Å²) in [5, 5.41) is 10.7. The highest BCUT2D eigenvalue weighted by atomic mass is 16.5. The molecule has 0 spiro atoms. The Balaban J connectivity index is 0.000000491. The number of benzene rings is 1. The number of carbonyl (C=O) groups excluding carboxylic acids is 1. The summed E-state index contributed by atoms with van der Waals surface area (Å²) < 4.78 is 5.08. The Morgan fingerprint density at radius 2 is 1.86 bits per heavy atom. The van der Waals surface area contributed by atoms with Gasteiger partial charge in [0, 0.05) is 33.1 Å². The smallest absolute Gasteiger partial charge is 0.340 e. The maximum absolute atomic E-state index is 11.8. The Bertz CT molecular complexity index is 466. The number of nitrogens with zero attached hydrogens (tertiary/aromatic N) is 1. The molecule has 0 amide bonds. The molecule has 1 aromatic rings. The van der Waals surface area contributed by atoms with E-state index in [2.05, 4.69) is 10.2 Å². The molecular formula is C15H22N2O4. The van der Waals surface area contributed by atoms with E-state index >= 15 is 0 Å². The summed E-state index contributed by atoms with van der Waals surface area (Å²) in [6.45, 7) is 7.08. The van der Waals surface area contributed by atoms with Crippen molar-refractivity contribution in [2.75, 3.05) is 37.7 Å². The summed E-state index contributed by atoms with van der Waals surface area (Å²) >= 11 is 0. The van der Waals surface area contributed by atoms with Gasteiger partial charge in [0.1, 0.15) is 0 Å². The first-order valence-electron chi connectivity index (χ1n) is 6.97. The highest BCUT2D eigenvalue weighted by Gasteiger charge is 2.18. The van der Waals surface area contributed by atoms with Crippen molar-refractivity contribution in [2.24, 2.45) is 0 Å². The minimum atomic E-state index is -0.833. The number of ether oxygens (including phenoxy) is 1. The third-order valence-electron chi connectivity index (χ3n) is 2.86. The number of rotatable bonds is 3. The summed E-state index contributed by atoms with van der Waals surface area (Å²) in [5.74, 6) is -1.07. The van der Waals surface area contributed by atoms with Crippen LogP contribution in [-0.4, -0.2) is 49.8 Å². The van der Waals surface area contributed by atoms with Gasteiger partial charge in [-0.3, -0.25) is 4.79 Å². The average Bonchev–Trinajstić information content (AvgIpc) is 2.48. The number of piperazine rings is 1. The minimum absolute atomic E-state index is 0.235. The molecule has 1 aromatic carbocycles. The molecule has 2 N–H and O–H groups in total. The van der Waals surface area contributed by atoms with Crippen LogP contribution in [0.15, 0.2) is 24.3 Å². The molecule has 0 aliphatic carbocycles. The molecule has 6 nitrogen and oxygen atoms in total. The van der Waals surface area contributed by atoms with E-state index in [1.165, 1.54) is 0 Å². The minimum Gasteiger partial charge on any atom is -0.481 e. The summed E-state index contributed by atoms with van der Waals surface area (Å²) in [5.41, 5.74) is 1.64. The molecule has 0 bridgehead atoms. The van der Waals surface area contributed by atoms with E-state index in [1.807, 2.05) is 31.2 Å². The van der Waals surface area contributed by atoms with Crippen molar-refractivity contribution in [3.8, 4) is 0 Å². The van der Waals surface area contributed by atoms with Gasteiger partial charge in [0.25, 0.3) is 5.97 Å². The third-order valence-corrected chi connectivity index (χ3v) is 2.86.